The molecule has 0 aromatic heterocycles. The van der Waals surface area contributed by atoms with Crippen molar-refractivity contribution in [3.63, 3.8) is 0 Å². The van der Waals surface area contributed by atoms with E-state index in [9.17, 15) is 23.2 Å². The maximum absolute atomic E-state index is 13.8. The molecule has 1 saturated heterocycles. The number of carbonyl (C=O) groups is 3. The fraction of sp³-hybridized carbons (Fsp3) is 0.545. The van der Waals surface area contributed by atoms with Gasteiger partial charge in [-0.15, -0.1) is 0 Å². The first kappa shape index (κ1) is 31.4. The molecule has 1 heterocycles. The molecule has 1 aliphatic heterocycles. The van der Waals surface area contributed by atoms with Crippen LogP contribution < -0.4 is 5.32 Å². The smallest absolute Gasteiger partial charge is 0.410 e. The third kappa shape index (κ3) is 7.47. The number of likely N-dealkylation sites (tertiary alicyclic amines) is 1. The Balaban J connectivity index is 1.48. The number of nitrogens with zero attached hydrogens (tertiary/aromatic N) is 2. The van der Waals surface area contributed by atoms with Gasteiger partial charge in [0.25, 0.3) is 0 Å². The van der Waals surface area contributed by atoms with Crippen LogP contribution in [0.1, 0.15) is 70.9 Å². The summed E-state index contributed by atoms with van der Waals surface area (Å²) in [7, 11) is 1.62. The van der Waals surface area contributed by atoms with Crippen LogP contribution in [-0.4, -0.2) is 65.5 Å². The van der Waals surface area contributed by atoms with Crippen molar-refractivity contribution in [2.45, 2.75) is 77.5 Å². The van der Waals surface area contributed by atoms with E-state index in [0.29, 0.717) is 30.6 Å². The zero-order chi connectivity index (χ0) is 30.8. The van der Waals surface area contributed by atoms with Crippen molar-refractivity contribution in [2.75, 3.05) is 20.1 Å². The van der Waals surface area contributed by atoms with Crippen LogP contribution >= 0.6 is 0 Å². The molecule has 4 rings (SSSR count). The van der Waals surface area contributed by atoms with Gasteiger partial charge in [0.2, 0.25) is 11.8 Å². The van der Waals surface area contributed by atoms with Crippen LogP contribution in [0.3, 0.4) is 0 Å². The number of hydrogen-bond donors (Lipinski definition) is 1. The van der Waals surface area contributed by atoms with Crippen LogP contribution in [0.4, 0.5) is 13.6 Å². The van der Waals surface area contributed by atoms with E-state index in [4.69, 9.17) is 4.74 Å². The zero-order valence-corrected chi connectivity index (χ0v) is 25.4. The summed E-state index contributed by atoms with van der Waals surface area (Å²) in [5.74, 6) is -1.39. The van der Waals surface area contributed by atoms with Crippen LogP contribution in [0, 0.1) is 29.4 Å². The van der Waals surface area contributed by atoms with Gasteiger partial charge < -0.3 is 15.0 Å². The first-order valence-electron chi connectivity index (χ1n) is 14.8. The summed E-state index contributed by atoms with van der Waals surface area (Å²) in [6, 6.07) is 10.8. The number of amides is 3. The van der Waals surface area contributed by atoms with E-state index in [2.05, 4.69) is 5.32 Å². The molecular weight excluding hydrogens is 540 g/mol. The van der Waals surface area contributed by atoms with Crippen molar-refractivity contribution in [3.8, 4) is 0 Å². The van der Waals surface area contributed by atoms with E-state index < -0.39 is 35.3 Å². The topological polar surface area (TPSA) is 79.0 Å². The van der Waals surface area contributed by atoms with Crippen molar-refractivity contribution >= 4 is 17.9 Å². The van der Waals surface area contributed by atoms with Crippen molar-refractivity contribution < 1.29 is 27.9 Å². The number of halogens is 2. The molecule has 2 aromatic carbocycles. The summed E-state index contributed by atoms with van der Waals surface area (Å²) in [5, 5.41) is 3.22. The van der Waals surface area contributed by atoms with Crippen LogP contribution in [-0.2, 0) is 14.3 Å². The molecular formula is C33H43F2N3O4. The minimum Gasteiger partial charge on any atom is -0.444 e. The first-order chi connectivity index (χ1) is 19.7. The molecule has 9 heteroatoms. The monoisotopic (exact) mass is 583 g/mol. The van der Waals surface area contributed by atoms with Crippen LogP contribution in [0.5, 0.6) is 0 Å². The quantitative estimate of drug-likeness (QED) is 0.431. The summed E-state index contributed by atoms with van der Waals surface area (Å²) in [4.78, 5) is 43.7. The summed E-state index contributed by atoms with van der Waals surface area (Å²) < 4.78 is 32.9. The Labute approximate surface area is 247 Å². The van der Waals surface area contributed by atoms with Gasteiger partial charge in [0.15, 0.2) is 0 Å². The normalized spacial score (nSPS) is 20.9. The Kier molecular flexibility index (Phi) is 9.58. The Morgan fingerprint density at radius 1 is 0.952 bits per heavy atom. The van der Waals surface area contributed by atoms with Gasteiger partial charge in [0.05, 0.1) is 5.92 Å². The number of hydrogen-bond acceptors (Lipinski definition) is 4. The SMILES string of the molecule is CC(C)C[C@@H](C(=O)N1C[C@H]2CC[C@H](NC(=O)C(c3ccc(F)cc3)c3ccc(F)cc3)[C@H]2C1)N(C)C(=O)OC(C)(C)C. The predicted octanol–water partition coefficient (Wildman–Crippen LogP) is 5.73. The fourth-order valence-electron chi connectivity index (χ4n) is 6.24. The highest BCUT2D eigenvalue weighted by molar-refractivity contribution is 5.88. The lowest BCUT2D eigenvalue weighted by atomic mass is 9.89. The number of benzene rings is 2. The maximum atomic E-state index is 13.8. The molecule has 1 saturated carbocycles. The Morgan fingerprint density at radius 3 is 2.00 bits per heavy atom. The molecule has 2 aliphatic rings. The fourth-order valence-corrected chi connectivity index (χ4v) is 6.24. The Morgan fingerprint density at radius 2 is 1.50 bits per heavy atom. The lowest BCUT2D eigenvalue weighted by molar-refractivity contribution is -0.136. The predicted molar refractivity (Wildman–Crippen MR) is 157 cm³/mol. The second kappa shape index (κ2) is 12.8. The van der Waals surface area contributed by atoms with Gasteiger partial charge in [-0.2, -0.15) is 0 Å². The molecule has 0 radical (unpaired) electrons. The number of carbonyl (C=O) groups excluding carboxylic acids is 3. The van der Waals surface area contributed by atoms with Crippen molar-refractivity contribution in [1.82, 2.24) is 15.1 Å². The Hall–Kier alpha value is -3.49. The zero-order valence-electron chi connectivity index (χ0n) is 25.4. The molecule has 1 aliphatic carbocycles. The molecule has 1 N–H and O–H groups in total. The lowest BCUT2D eigenvalue weighted by Crippen LogP contribution is -2.51. The summed E-state index contributed by atoms with van der Waals surface area (Å²) in [6.07, 6.45) is 1.64. The van der Waals surface area contributed by atoms with Gasteiger partial charge in [0, 0.05) is 32.1 Å². The standard InChI is InChI=1S/C33H43F2N3O4/c1-20(2)17-28(37(6)32(41)42-33(3,4)5)31(40)38-18-23-11-16-27(26(23)19-38)36-30(39)29(21-7-12-24(34)13-8-21)22-9-14-25(35)15-10-22/h7-10,12-15,20,23,26-29H,11,16-19H2,1-6H3,(H,36,39)/t23-,26+,27+,28+/m1/s1. The average molecular weight is 584 g/mol. The molecule has 2 aromatic rings. The van der Waals surface area contributed by atoms with E-state index >= 15 is 0 Å². The van der Waals surface area contributed by atoms with E-state index in [-0.39, 0.29) is 35.6 Å². The molecule has 0 spiro atoms. The third-order valence-corrected chi connectivity index (χ3v) is 8.29. The van der Waals surface area contributed by atoms with Crippen molar-refractivity contribution in [3.05, 3.63) is 71.3 Å². The molecule has 42 heavy (non-hydrogen) atoms. The van der Waals surface area contributed by atoms with Gasteiger partial charge in [0.1, 0.15) is 23.3 Å². The van der Waals surface area contributed by atoms with Gasteiger partial charge in [-0.25, -0.2) is 13.6 Å². The number of ether oxygens (including phenoxy) is 1. The highest BCUT2D eigenvalue weighted by Crippen LogP contribution is 2.39. The summed E-state index contributed by atoms with van der Waals surface area (Å²) >= 11 is 0. The van der Waals surface area contributed by atoms with E-state index in [1.165, 1.54) is 29.2 Å². The molecule has 0 bridgehead atoms. The molecule has 228 valence electrons. The molecule has 4 atom stereocenters. The summed E-state index contributed by atoms with van der Waals surface area (Å²) in [6.45, 7) is 10.5. The first-order valence-corrected chi connectivity index (χ1v) is 14.8. The van der Waals surface area contributed by atoms with Crippen LogP contribution in [0.25, 0.3) is 0 Å². The highest BCUT2D eigenvalue weighted by atomic mass is 19.1. The van der Waals surface area contributed by atoms with Crippen LogP contribution in [0.2, 0.25) is 0 Å². The lowest BCUT2D eigenvalue weighted by Gasteiger charge is -2.33. The molecule has 3 amide bonds. The second-order valence-corrected chi connectivity index (χ2v) is 13.1. The van der Waals surface area contributed by atoms with E-state index in [1.54, 1.807) is 52.1 Å². The third-order valence-electron chi connectivity index (χ3n) is 8.29. The average Bonchev–Trinajstić information content (AvgIpc) is 3.50. The summed E-state index contributed by atoms with van der Waals surface area (Å²) in [5.41, 5.74) is 0.548. The second-order valence-electron chi connectivity index (χ2n) is 13.1. The number of fused-ring (bicyclic) bond motifs is 1. The molecule has 7 nitrogen and oxygen atoms in total. The van der Waals surface area contributed by atoms with Crippen LogP contribution in [0.15, 0.2) is 48.5 Å². The Bertz CT molecular complexity index is 1210. The van der Waals surface area contributed by atoms with Crippen molar-refractivity contribution in [2.24, 2.45) is 17.8 Å². The largest absolute Gasteiger partial charge is 0.444 e. The van der Waals surface area contributed by atoms with Crippen molar-refractivity contribution in [1.29, 1.82) is 0 Å². The van der Waals surface area contributed by atoms with E-state index in [0.717, 1.165) is 12.8 Å². The minimum atomic E-state index is -0.734. The van der Waals surface area contributed by atoms with Gasteiger partial charge in [-0.1, -0.05) is 38.1 Å². The number of likely N-dealkylation sites (N-methyl/N-ethyl adjacent to an activating group) is 1. The number of rotatable bonds is 8. The number of nitrogens with one attached hydrogen (secondary N) is 1. The minimum absolute atomic E-state index is 0.0755. The maximum Gasteiger partial charge on any atom is 0.410 e. The van der Waals surface area contributed by atoms with E-state index in [1.807, 2.05) is 18.7 Å². The molecule has 0 unspecified atom stereocenters. The van der Waals surface area contributed by atoms with Gasteiger partial charge in [-0.05, 0) is 87.3 Å². The van der Waals surface area contributed by atoms with Gasteiger partial charge in [-0.3, -0.25) is 14.5 Å². The molecule has 2 fully saturated rings. The van der Waals surface area contributed by atoms with Gasteiger partial charge >= 0.3 is 6.09 Å². The highest BCUT2D eigenvalue weighted by Gasteiger charge is 2.47.